The Morgan fingerprint density at radius 3 is 2.58 bits per heavy atom. The van der Waals surface area contributed by atoms with Crippen LogP contribution in [0, 0.1) is 5.41 Å². The molecule has 0 spiro atoms. The van der Waals surface area contributed by atoms with Crippen molar-refractivity contribution in [2.75, 3.05) is 0 Å². The molecule has 0 radical (unpaired) electrons. The fourth-order valence-electron chi connectivity index (χ4n) is 2.40. The van der Waals surface area contributed by atoms with Gasteiger partial charge in [0.25, 0.3) is 0 Å². The van der Waals surface area contributed by atoms with Crippen molar-refractivity contribution in [3.8, 4) is 0 Å². The van der Waals surface area contributed by atoms with Crippen molar-refractivity contribution in [2.24, 2.45) is 11.1 Å². The molecule has 0 atom stereocenters. The molecule has 0 aromatic carbocycles. The molecule has 108 valence electrons. The quantitative estimate of drug-likeness (QED) is 0.897. The van der Waals surface area contributed by atoms with E-state index in [9.17, 15) is 8.42 Å². The van der Waals surface area contributed by atoms with Crippen LogP contribution in [0.25, 0.3) is 0 Å². The van der Waals surface area contributed by atoms with Crippen molar-refractivity contribution in [3.05, 3.63) is 17.0 Å². The Hall–Kier alpha value is -0.430. The molecule has 1 aliphatic rings. The van der Waals surface area contributed by atoms with E-state index in [2.05, 4.69) is 18.6 Å². The SMILES string of the molecule is CC1(C)CCC(NS(=O)(=O)c2cc(CN)cs2)CC1. The number of rotatable bonds is 4. The first-order valence-electron chi connectivity index (χ1n) is 6.62. The highest BCUT2D eigenvalue weighted by Crippen LogP contribution is 2.35. The molecule has 4 nitrogen and oxygen atoms in total. The number of nitrogens with two attached hydrogens (primary N) is 1. The summed E-state index contributed by atoms with van der Waals surface area (Å²) in [5.74, 6) is 0. The summed E-state index contributed by atoms with van der Waals surface area (Å²) >= 11 is 1.24. The second-order valence-electron chi connectivity index (χ2n) is 6.04. The fourth-order valence-corrected chi connectivity index (χ4v) is 4.94. The van der Waals surface area contributed by atoms with Crippen LogP contribution >= 0.6 is 11.3 Å². The second kappa shape index (κ2) is 5.52. The number of sulfonamides is 1. The minimum atomic E-state index is -3.37. The van der Waals surface area contributed by atoms with Crippen molar-refractivity contribution < 1.29 is 8.42 Å². The highest BCUT2D eigenvalue weighted by molar-refractivity contribution is 7.91. The average Bonchev–Trinajstić information content (AvgIpc) is 2.81. The molecule has 2 rings (SSSR count). The van der Waals surface area contributed by atoms with Crippen LogP contribution in [0.1, 0.15) is 45.1 Å². The highest BCUT2D eigenvalue weighted by Gasteiger charge is 2.30. The van der Waals surface area contributed by atoms with Gasteiger partial charge in [0.15, 0.2) is 0 Å². The van der Waals surface area contributed by atoms with Crippen LogP contribution in [0.2, 0.25) is 0 Å². The van der Waals surface area contributed by atoms with Crippen molar-refractivity contribution >= 4 is 21.4 Å². The molecule has 1 aromatic rings. The summed E-state index contributed by atoms with van der Waals surface area (Å²) in [4.78, 5) is 0. The third-order valence-electron chi connectivity index (χ3n) is 3.79. The molecule has 6 heteroatoms. The Kier molecular flexibility index (Phi) is 4.35. The number of nitrogens with one attached hydrogen (secondary N) is 1. The smallest absolute Gasteiger partial charge is 0.250 e. The largest absolute Gasteiger partial charge is 0.326 e. The lowest BCUT2D eigenvalue weighted by Gasteiger charge is -2.34. The van der Waals surface area contributed by atoms with Gasteiger partial charge in [-0.1, -0.05) is 13.8 Å². The van der Waals surface area contributed by atoms with Crippen LogP contribution in [-0.2, 0) is 16.6 Å². The third-order valence-corrected chi connectivity index (χ3v) is 6.80. The van der Waals surface area contributed by atoms with Gasteiger partial charge >= 0.3 is 0 Å². The fraction of sp³-hybridized carbons (Fsp3) is 0.692. The van der Waals surface area contributed by atoms with Gasteiger partial charge in [0.05, 0.1) is 0 Å². The lowest BCUT2D eigenvalue weighted by atomic mass is 9.76. The molecular weight excluding hydrogens is 280 g/mol. The van der Waals surface area contributed by atoms with Crippen molar-refractivity contribution in [2.45, 2.75) is 56.3 Å². The van der Waals surface area contributed by atoms with Gasteiger partial charge < -0.3 is 5.73 Å². The van der Waals surface area contributed by atoms with Gasteiger partial charge in [0.1, 0.15) is 4.21 Å². The zero-order chi connectivity index (χ0) is 14.1. The molecule has 0 saturated heterocycles. The summed E-state index contributed by atoms with van der Waals surface area (Å²) in [7, 11) is -3.37. The minimum Gasteiger partial charge on any atom is -0.326 e. The first-order chi connectivity index (χ1) is 8.82. The van der Waals surface area contributed by atoms with Crippen molar-refractivity contribution in [3.63, 3.8) is 0 Å². The van der Waals surface area contributed by atoms with Gasteiger partial charge in [-0.05, 0) is 48.1 Å². The standard InChI is InChI=1S/C13H22N2O2S2/c1-13(2)5-3-11(4-6-13)15-19(16,17)12-7-10(8-14)9-18-12/h7,9,11,15H,3-6,8,14H2,1-2H3. The Balaban J connectivity index is 2.02. The zero-order valence-electron chi connectivity index (χ0n) is 11.5. The molecule has 1 aliphatic carbocycles. The molecule has 0 unspecified atom stereocenters. The van der Waals surface area contributed by atoms with Gasteiger partial charge in [-0.15, -0.1) is 11.3 Å². The van der Waals surface area contributed by atoms with Crippen LogP contribution in [0.3, 0.4) is 0 Å². The summed E-state index contributed by atoms with van der Waals surface area (Å²) < 4.78 is 27.7. The summed E-state index contributed by atoms with van der Waals surface area (Å²) in [5.41, 5.74) is 6.73. The predicted octanol–water partition coefficient (Wildman–Crippen LogP) is 2.45. The van der Waals surface area contributed by atoms with Crippen LogP contribution in [0.5, 0.6) is 0 Å². The number of thiophene rings is 1. The molecule has 0 bridgehead atoms. The first-order valence-corrected chi connectivity index (χ1v) is 8.98. The zero-order valence-corrected chi connectivity index (χ0v) is 13.1. The molecule has 1 fully saturated rings. The Morgan fingerprint density at radius 2 is 2.05 bits per heavy atom. The topological polar surface area (TPSA) is 72.2 Å². The van der Waals surface area contributed by atoms with E-state index in [4.69, 9.17) is 5.73 Å². The maximum atomic E-state index is 12.2. The van der Waals surface area contributed by atoms with E-state index in [0.717, 1.165) is 31.2 Å². The molecule has 1 heterocycles. The van der Waals surface area contributed by atoms with E-state index in [-0.39, 0.29) is 6.04 Å². The summed E-state index contributed by atoms with van der Waals surface area (Å²) in [6.07, 6.45) is 3.97. The third kappa shape index (κ3) is 3.78. The maximum Gasteiger partial charge on any atom is 0.250 e. The second-order valence-corrected chi connectivity index (χ2v) is 8.89. The van der Waals surface area contributed by atoms with Crippen molar-refractivity contribution in [1.82, 2.24) is 4.72 Å². The van der Waals surface area contributed by atoms with E-state index in [1.165, 1.54) is 11.3 Å². The Morgan fingerprint density at radius 1 is 1.42 bits per heavy atom. The Labute approximate surface area is 119 Å². The van der Waals surface area contributed by atoms with Crippen molar-refractivity contribution in [1.29, 1.82) is 0 Å². The molecule has 19 heavy (non-hydrogen) atoms. The minimum absolute atomic E-state index is 0.0708. The van der Waals surface area contributed by atoms with E-state index in [0.29, 0.717) is 16.2 Å². The van der Waals surface area contributed by atoms with Gasteiger partial charge in [-0.25, -0.2) is 13.1 Å². The molecular formula is C13H22N2O2S2. The van der Waals surface area contributed by atoms with E-state index in [1.807, 2.05) is 0 Å². The number of hydrogen-bond acceptors (Lipinski definition) is 4. The Bertz CT molecular complexity index is 525. The predicted molar refractivity (Wildman–Crippen MR) is 78.6 cm³/mol. The van der Waals surface area contributed by atoms with Gasteiger partial charge in [-0.3, -0.25) is 0 Å². The number of hydrogen-bond donors (Lipinski definition) is 2. The van der Waals surface area contributed by atoms with Crippen LogP contribution < -0.4 is 10.5 Å². The first kappa shape index (κ1) is 15.0. The average molecular weight is 302 g/mol. The van der Waals surface area contributed by atoms with Crippen LogP contribution in [0.4, 0.5) is 0 Å². The van der Waals surface area contributed by atoms with Gasteiger partial charge in [0.2, 0.25) is 10.0 Å². The highest BCUT2D eigenvalue weighted by atomic mass is 32.2. The molecule has 1 saturated carbocycles. The lowest BCUT2D eigenvalue weighted by Crippen LogP contribution is -2.38. The molecule has 0 aliphatic heterocycles. The van der Waals surface area contributed by atoms with E-state index < -0.39 is 10.0 Å². The van der Waals surface area contributed by atoms with Crippen LogP contribution in [0.15, 0.2) is 15.7 Å². The normalized spacial score (nSPS) is 20.6. The summed E-state index contributed by atoms with van der Waals surface area (Å²) in [5, 5.41) is 1.80. The van der Waals surface area contributed by atoms with E-state index >= 15 is 0 Å². The molecule has 3 N–H and O–H groups in total. The van der Waals surface area contributed by atoms with E-state index in [1.54, 1.807) is 11.4 Å². The lowest BCUT2D eigenvalue weighted by molar-refractivity contribution is 0.218. The van der Waals surface area contributed by atoms with Gasteiger partial charge in [-0.2, -0.15) is 0 Å². The summed E-state index contributed by atoms with van der Waals surface area (Å²) in [6, 6.07) is 1.74. The van der Waals surface area contributed by atoms with Gasteiger partial charge in [0, 0.05) is 12.6 Å². The summed E-state index contributed by atoms with van der Waals surface area (Å²) in [6.45, 7) is 4.86. The molecule has 1 aromatic heterocycles. The monoisotopic (exact) mass is 302 g/mol. The van der Waals surface area contributed by atoms with Crippen LogP contribution in [-0.4, -0.2) is 14.5 Å². The maximum absolute atomic E-state index is 12.2. The molecule has 0 amide bonds.